The summed E-state index contributed by atoms with van der Waals surface area (Å²) in [6.07, 6.45) is 0. The number of carbonyl (C=O) groups is 2. The van der Waals surface area contributed by atoms with Gasteiger partial charge in [0.15, 0.2) is 12.4 Å². The Hall–Kier alpha value is -3.94. The molecule has 3 aromatic heterocycles. The molecule has 0 spiro atoms. The number of ketones is 1. The van der Waals surface area contributed by atoms with Gasteiger partial charge in [-0.1, -0.05) is 35.5 Å². The van der Waals surface area contributed by atoms with Crippen molar-refractivity contribution in [1.29, 1.82) is 0 Å². The maximum atomic E-state index is 12.7. The van der Waals surface area contributed by atoms with Gasteiger partial charge in [-0.05, 0) is 32.9 Å². The molecule has 0 aliphatic carbocycles. The van der Waals surface area contributed by atoms with E-state index in [9.17, 15) is 9.59 Å². The first kappa shape index (κ1) is 19.4. The van der Waals surface area contributed by atoms with Gasteiger partial charge in [0.2, 0.25) is 5.78 Å². The number of nitrogens with one attached hydrogen (secondary N) is 1. The van der Waals surface area contributed by atoms with Crippen molar-refractivity contribution in [3.8, 4) is 17.1 Å². The molecule has 1 aromatic carbocycles. The van der Waals surface area contributed by atoms with Crippen LogP contribution in [-0.4, -0.2) is 38.3 Å². The van der Waals surface area contributed by atoms with Crippen molar-refractivity contribution >= 4 is 11.8 Å². The van der Waals surface area contributed by atoms with E-state index in [4.69, 9.17) is 9.26 Å². The Morgan fingerprint density at radius 1 is 1.10 bits per heavy atom. The van der Waals surface area contributed by atoms with Crippen LogP contribution in [0.2, 0.25) is 0 Å². The summed E-state index contributed by atoms with van der Waals surface area (Å²) >= 11 is 0. The third kappa shape index (κ3) is 3.67. The van der Waals surface area contributed by atoms with E-state index in [1.807, 2.05) is 48.7 Å². The van der Waals surface area contributed by atoms with Crippen molar-refractivity contribution < 1.29 is 18.8 Å². The van der Waals surface area contributed by atoms with Crippen LogP contribution in [0.15, 0.2) is 53.1 Å². The molecule has 4 aromatic rings. The number of aromatic nitrogens is 4. The van der Waals surface area contributed by atoms with Gasteiger partial charge in [0.05, 0.1) is 5.69 Å². The number of aromatic amines is 1. The molecule has 3 heterocycles. The molecule has 4 rings (SSSR count). The van der Waals surface area contributed by atoms with Crippen molar-refractivity contribution in [2.45, 2.75) is 20.8 Å². The lowest BCUT2D eigenvalue weighted by Gasteiger charge is -2.05. The second-order valence-corrected chi connectivity index (χ2v) is 6.95. The predicted octanol–water partition coefficient (Wildman–Crippen LogP) is 3.82. The monoisotopic (exact) mass is 404 g/mol. The van der Waals surface area contributed by atoms with Crippen LogP contribution in [-0.2, 0) is 4.74 Å². The number of benzene rings is 1. The molecule has 0 saturated carbocycles. The molecule has 0 fully saturated rings. The number of Topliss-reactive ketones (excluding diaryl/α,β-unsaturated/α-hetero) is 1. The summed E-state index contributed by atoms with van der Waals surface area (Å²) in [6, 6.07) is 14.6. The minimum Gasteiger partial charge on any atom is -0.453 e. The first-order valence-corrected chi connectivity index (χ1v) is 9.38. The van der Waals surface area contributed by atoms with Crippen molar-refractivity contribution in [3.05, 3.63) is 76.9 Å². The summed E-state index contributed by atoms with van der Waals surface area (Å²) in [5.41, 5.74) is 3.69. The number of H-pyrrole nitrogens is 1. The molecule has 0 aliphatic heterocycles. The van der Waals surface area contributed by atoms with Gasteiger partial charge in [-0.3, -0.25) is 14.5 Å². The van der Waals surface area contributed by atoms with Crippen molar-refractivity contribution in [2.75, 3.05) is 6.61 Å². The van der Waals surface area contributed by atoms with Gasteiger partial charge in [0.1, 0.15) is 11.5 Å². The highest BCUT2D eigenvalue weighted by atomic mass is 16.5. The van der Waals surface area contributed by atoms with E-state index in [0.29, 0.717) is 28.5 Å². The Labute approximate surface area is 172 Å². The minimum absolute atomic E-state index is 0.185. The predicted molar refractivity (Wildman–Crippen MR) is 109 cm³/mol. The number of aryl methyl sites for hydroxylation is 2. The molecular weight excluding hydrogens is 384 g/mol. The zero-order valence-electron chi connectivity index (χ0n) is 16.8. The van der Waals surface area contributed by atoms with E-state index in [1.165, 1.54) is 0 Å². The maximum Gasteiger partial charge on any atom is 0.356 e. The normalized spacial score (nSPS) is 10.9. The standard InChI is InChI=1S/C22H20N4O4/c1-13-9-17(15(3)26(13)21-10-14(2)30-25-21)20(27)12-29-22(28)19-11-18(23-24-19)16-7-5-4-6-8-16/h4-11H,12H2,1-3H3,(H,23,24). The van der Waals surface area contributed by atoms with Crippen molar-refractivity contribution in [2.24, 2.45) is 0 Å². The summed E-state index contributed by atoms with van der Waals surface area (Å²) in [7, 11) is 0. The van der Waals surface area contributed by atoms with Gasteiger partial charge in [-0.25, -0.2) is 4.79 Å². The fourth-order valence-electron chi connectivity index (χ4n) is 3.33. The first-order chi connectivity index (χ1) is 14.4. The van der Waals surface area contributed by atoms with Crippen molar-refractivity contribution in [3.63, 3.8) is 0 Å². The van der Waals surface area contributed by atoms with Crippen LogP contribution in [0.1, 0.15) is 38.0 Å². The van der Waals surface area contributed by atoms with E-state index < -0.39 is 5.97 Å². The topological polar surface area (TPSA) is 103 Å². The highest BCUT2D eigenvalue weighted by Crippen LogP contribution is 2.22. The zero-order chi connectivity index (χ0) is 21.3. The lowest BCUT2D eigenvalue weighted by atomic mass is 10.1. The van der Waals surface area contributed by atoms with E-state index in [-0.39, 0.29) is 18.1 Å². The number of hydrogen-bond donors (Lipinski definition) is 1. The van der Waals surface area contributed by atoms with E-state index in [2.05, 4.69) is 15.4 Å². The van der Waals surface area contributed by atoms with E-state index in [1.54, 1.807) is 25.1 Å². The number of ether oxygens (including phenoxy) is 1. The van der Waals surface area contributed by atoms with E-state index in [0.717, 1.165) is 11.3 Å². The highest BCUT2D eigenvalue weighted by molar-refractivity contribution is 6.00. The van der Waals surface area contributed by atoms with Crippen LogP contribution in [0.3, 0.4) is 0 Å². The van der Waals surface area contributed by atoms with Gasteiger partial charge in [0.25, 0.3) is 0 Å². The maximum absolute atomic E-state index is 12.7. The summed E-state index contributed by atoms with van der Waals surface area (Å²) in [5.74, 6) is 0.336. The third-order valence-electron chi connectivity index (χ3n) is 4.78. The molecule has 30 heavy (non-hydrogen) atoms. The summed E-state index contributed by atoms with van der Waals surface area (Å²) in [5, 5.41) is 10.8. The average Bonchev–Trinajstić information content (AvgIpc) is 3.46. The molecule has 152 valence electrons. The van der Waals surface area contributed by atoms with Gasteiger partial charge < -0.3 is 9.26 Å². The lowest BCUT2D eigenvalue weighted by Crippen LogP contribution is -2.15. The Morgan fingerprint density at radius 3 is 2.57 bits per heavy atom. The van der Waals surface area contributed by atoms with Crippen LogP contribution in [0.25, 0.3) is 17.1 Å². The number of rotatable bonds is 6. The number of nitrogens with zero attached hydrogens (tertiary/aromatic N) is 3. The molecule has 0 saturated heterocycles. The molecule has 1 N–H and O–H groups in total. The second kappa shape index (κ2) is 7.82. The van der Waals surface area contributed by atoms with Crippen LogP contribution in [0, 0.1) is 20.8 Å². The molecule has 0 aliphatic rings. The summed E-state index contributed by atoms with van der Waals surface area (Å²) in [6.45, 7) is 5.11. The Bertz CT molecular complexity index is 1220. The number of esters is 1. The molecule has 0 bridgehead atoms. The summed E-state index contributed by atoms with van der Waals surface area (Å²) in [4.78, 5) is 25.0. The smallest absolute Gasteiger partial charge is 0.356 e. The van der Waals surface area contributed by atoms with Crippen LogP contribution >= 0.6 is 0 Å². The molecule has 0 amide bonds. The molecule has 8 heteroatoms. The molecule has 0 unspecified atom stereocenters. The van der Waals surface area contributed by atoms with E-state index >= 15 is 0 Å². The fourth-order valence-corrected chi connectivity index (χ4v) is 3.33. The highest BCUT2D eigenvalue weighted by Gasteiger charge is 2.20. The SMILES string of the molecule is Cc1cc(-n2c(C)cc(C(=O)COC(=O)c3cc(-c4ccccc4)n[nH]3)c2C)no1. The lowest BCUT2D eigenvalue weighted by molar-refractivity contribution is 0.0468. The van der Waals surface area contributed by atoms with Crippen LogP contribution < -0.4 is 0 Å². The zero-order valence-corrected chi connectivity index (χ0v) is 16.8. The molecule has 0 atom stereocenters. The quantitative estimate of drug-likeness (QED) is 0.387. The van der Waals surface area contributed by atoms with Gasteiger partial charge in [-0.15, -0.1) is 0 Å². The second-order valence-electron chi connectivity index (χ2n) is 6.95. The number of hydrogen-bond acceptors (Lipinski definition) is 6. The molecular formula is C22H20N4O4. The first-order valence-electron chi connectivity index (χ1n) is 9.38. The molecule has 0 radical (unpaired) electrons. The average molecular weight is 404 g/mol. The van der Waals surface area contributed by atoms with Gasteiger partial charge >= 0.3 is 5.97 Å². The van der Waals surface area contributed by atoms with Crippen molar-refractivity contribution in [1.82, 2.24) is 19.9 Å². The Kier molecular flexibility index (Phi) is 5.05. The van der Waals surface area contributed by atoms with Gasteiger partial charge in [0, 0.05) is 28.6 Å². The van der Waals surface area contributed by atoms with Crippen LogP contribution in [0.5, 0.6) is 0 Å². The minimum atomic E-state index is -0.640. The largest absolute Gasteiger partial charge is 0.453 e. The number of carbonyl (C=O) groups excluding carboxylic acids is 2. The Morgan fingerprint density at radius 2 is 1.87 bits per heavy atom. The third-order valence-corrected chi connectivity index (χ3v) is 4.78. The fraction of sp³-hybridized carbons (Fsp3) is 0.182. The Balaban J connectivity index is 1.45. The molecule has 8 nitrogen and oxygen atoms in total. The van der Waals surface area contributed by atoms with Gasteiger partial charge in [-0.2, -0.15) is 5.10 Å². The van der Waals surface area contributed by atoms with Crippen LogP contribution in [0.4, 0.5) is 0 Å². The summed E-state index contributed by atoms with van der Waals surface area (Å²) < 4.78 is 12.2.